The van der Waals surface area contributed by atoms with Crippen molar-refractivity contribution in [1.82, 2.24) is 5.32 Å². The molecule has 1 N–H and O–H groups in total. The first-order valence-corrected chi connectivity index (χ1v) is 7.92. The second-order valence-electron chi connectivity index (χ2n) is 4.81. The predicted octanol–water partition coefficient (Wildman–Crippen LogP) is 1.90. The number of furan rings is 1. The molecule has 5 heteroatoms. The highest BCUT2D eigenvalue weighted by Gasteiger charge is 2.35. The van der Waals surface area contributed by atoms with Crippen LogP contribution in [0, 0.1) is 0 Å². The van der Waals surface area contributed by atoms with Gasteiger partial charge in [0.25, 0.3) is 0 Å². The van der Waals surface area contributed by atoms with E-state index in [1.807, 2.05) is 19.1 Å². The Morgan fingerprint density at radius 3 is 2.82 bits per heavy atom. The lowest BCUT2D eigenvalue weighted by Crippen LogP contribution is -2.41. The summed E-state index contributed by atoms with van der Waals surface area (Å²) in [6, 6.07) is 3.85. The smallest absolute Gasteiger partial charge is 0.151 e. The highest BCUT2D eigenvalue weighted by molar-refractivity contribution is 7.91. The van der Waals surface area contributed by atoms with Gasteiger partial charge in [0.15, 0.2) is 9.84 Å². The van der Waals surface area contributed by atoms with Gasteiger partial charge in [-0.25, -0.2) is 8.42 Å². The van der Waals surface area contributed by atoms with Gasteiger partial charge >= 0.3 is 0 Å². The molecule has 3 atom stereocenters. The molecular weight excluding hydrogens is 238 g/mol. The van der Waals surface area contributed by atoms with Crippen LogP contribution >= 0.6 is 0 Å². The highest BCUT2D eigenvalue weighted by Crippen LogP contribution is 2.27. The van der Waals surface area contributed by atoms with Crippen LogP contribution in [0.1, 0.15) is 38.0 Å². The lowest BCUT2D eigenvalue weighted by Gasteiger charge is -2.22. The molecule has 1 heterocycles. The maximum atomic E-state index is 11.6. The summed E-state index contributed by atoms with van der Waals surface area (Å²) in [5, 5.41) is 3.11. The van der Waals surface area contributed by atoms with Crippen LogP contribution in [-0.2, 0) is 9.84 Å². The van der Waals surface area contributed by atoms with Gasteiger partial charge in [-0.05, 0) is 31.9 Å². The van der Waals surface area contributed by atoms with Gasteiger partial charge in [0.2, 0.25) is 0 Å². The van der Waals surface area contributed by atoms with E-state index in [1.165, 1.54) is 6.26 Å². The summed E-state index contributed by atoms with van der Waals surface area (Å²) in [7, 11) is -2.96. The number of rotatable bonds is 4. The summed E-state index contributed by atoms with van der Waals surface area (Å²) >= 11 is 0. The van der Waals surface area contributed by atoms with Gasteiger partial charge < -0.3 is 9.73 Å². The van der Waals surface area contributed by atoms with Gasteiger partial charge in [-0.3, -0.25) is 0 Å². The predicted molar refractivity (Wildman–Crippen MR) is 66.5 cm³/mol. The van der Waals surface area contributed by atoms with Crippen molar-refractivity contribution >= 4 is 9.84 Å². The van der Waals surface area contributed by atoms with E-state index in [4.69, 9.17) is 4.42 Å². The Morgan fingerprint density at radius 2 is 2.24 bits per heavy atom. The maximum Gasteiger partial charge on any atom is 0.151 e. The summed E-state index contributed by atoms with van der Waals surface area (Å²) in [6.45, 7) is 2.00. The molecular formula is C12H19NO3S. The average molecular weight is 257 g/mol. The van der Waals surface area contributed by atoms with Crippen molar-refractivity contribution in [3.63, 3.8) is 0 Å². The third-order valence-electron chi connectivity index (χ3n) is 3.44. The summed E-state index contributed by atoms with van der Waals surface area (Å²) in [5.74, 6) is 0.851. The molecule has 1 aliphatic carbocycles. The Labute approximate surface area is 102 Å². The Morgan fingerprint density at radius 1 is 1.47 bits per heavy atom. The van der Waals surface area contributed by atoms with Gasteiger partial charge in [0.1, 0.15) is 5.76 Å². The van der Waals surface area contributed by atoms with Gasteiger partial charge in [0.05, 0.1) is 17.6 Å². The average Bonchev–Trinajstić information content (AvgIpc) is 2.85. The highest BCUT2D eigenvalue weighted by atomic mass is 32.2. The van der Waals surface area contributed by atoms with Crippen LogP contribution in [-0.4, -0.2) is 26.0 Å². The number of hydrogen-bond donors (Lipinski definition) is 1. The van der Waals surface area contributed by atoms with Gasteiger partial charge in [-0.1, -0.05) is 6.42 Å². The van der Waals surface area contributed by atoms with Crippen LogP contribution in [0.3, 0.4) is 0 Å². The monoisotopic (exact) mass is 257 g/mol. The lowest BCUT2D eigenvalue weighted by molar-refractivity contribution is 0.389. The minimum atomic E-state index is -2.96. The molecule has 0 radical (unpaired) electrons. The summed E-state index contributed by atoms with van der Waals surface area (Å²) in [6.07, 6.45) is 5.62. The molecule has 2 unspecified atom stereocenters. The van der Waals surface area contributed by atoms with E-state index in [1.54, 1.807) is 6.26 Å². The quantitative estimate of drug-likeness (QED) is 0.895. The Hall–Kier alpha value is -0.810. The fourth-order valence-corrected chi connectivity index (χ4v) is 3.98. The van der Waals surface area contributed by atoms with E-state index in [0.717, 1.165) is 25.0 Å². The molecule has 1 aliphatic rings. The van der Waals surface area contributed by atoms with Crippen molar-refractivity contribution in [2.75, 3.05) is 6.26 Å². The SMILES string of the molecule is C[C@H](NC1CCCC1S(C)(=O)=O)c1ccco1. The topological polar surface area (TPSA) is 59.3 Å². The molecule has 0 saturated heterocycles. The largest absolute Gasteiger partial charge is 0.468 e. The van der Waals surface area contributed by atoms with Crippen molar-refractivity contribution in [3.8, 4) is 0 Å². The zero-order valence-electron chi connectivity index (χ0n) is 10.2. The zero-order chi connectivity index (χ0) is 12.5. The Bertz CT molecular complexity index is 452. The van der Waals surface area contributed by atoms with Crippen LogP contribution in [0.15, 0.2) is 22.8 Å². The molecule has 1 aromatic heterocycles. The Kier molecular flexibility index (Phi) is 3.58. The molecule has 4 nitrogen and oxygen atoms in total. The standard InChI is InChI=1S/C12H19NO3S/c1-9(11-6-4-8-16-11)13-10-5-3-7-12(10)17(2,14)15/h4,6,8-10,12-13H,3,5,7H2,1-2H3/t9-,10?,12?/m0/s1. The summed E-state index contributed by atoms with van der Waals surface area (Å²) in [5.41, 5.74) is 0. The van der Waals surface area contributed by atoms with Gasteiger partial charge in [0, 0.05) is 12.3 Å². The van der Waals surface area contributed by atoms with Crippen molar-refractivity contribution < 1.29 is 12.8 Å². The molecule has 17 heavy (non-hydrogen) atoms. The third-order valence-corrected chi connectivity index (χ3v) is 5.10. The van der Waals surface area contributed by atoms with Crippen LogP contribution < -0.4 is 5.32 Å². The maximum absolute atomic E-state index is 11.6. The second kappa shape index (κ2) is 4.82. The molecule has 96 valence electrons. The van der Waals surface area contributed by atoms with E-state index >= 15 is 0 Å². The summed E-state index contributed by atoms with van der Waals surface area (Å²) in [4.78, 5) is 0. The molecule has 0 aliphatic heterocycles. The third kappa shape index (κ3) is 2.90. The van der Waals surface area contributed by atoms with Crippen molar-refractivity contribution in [2.24, 2.45) is 0 Å². The lowest BCUT2D eigenvalue weighted by atomic mass is 10.2. The number of sulfone groups is 1. The van der Waals surface area contributed by atoms with E-state index in [2.05, 4.69) is 5.32 Å². The van der Waals surface area contributed by atoms with Gasteiger partial charge in [-0.15, -0.1) is 0 Å². The first-order chi connectivity index (χ1) is 7.98. The van der Waals surface area contributed by atoms with Crippen LogP contribution in [0.4, 0.5) is 0 Å². The van der Waals surface area contributed by atoms with E-state index in [-0.39, 0.29) is 17.3 Å². The van der Waals surface area contributed by atoms with Crippen molar-refractivity contribution in [3.05, 3.63) is 24.2 Å². The van der Waals surface area contributed by atoms with Crippen LogP contribution in [0.2, 0.25) is 0 Å². The molecule has 1 fully saturated rings. The van der Waals surface area contributed by atoms with Crippen molar-refractivity contribution in [2.45, 2.75) is 43.5 Å². The van der Waals surface area contributed by atoms with Crippen LogP contribution in [0.5, 0.6) is 0 Å². The summed E-state index contributed by atoms with van der Waals surface area (Å²) < 4.78 is 28.6. The fraction of sp³-hybridized carbons (Fsp3) is 0.667. The van der Waals surface area contributed by atoms with Crippen molar-refractivity contribution in [1.29, 1.82) is 0 Å². The molecule has 1 saturated carbocycles. The van der Waals surface area contributed by atoms with E-state index in [9.17, 15) is 8.42 Å². The molecule has 0 bridgehead atoms. The molecule has 0 spiro atoms. The first-order valence-electron chi connectivity index (χ1n) is 5.97. The number of nitrogens with one attached hydrogen (secondary N) is 1. The Balaban J connectivity index is 2.04. The minimum Gasteiger partial charge on any atom is -0.468 e. The number of hydrogen-bond acceptors (Lipinski definition) is 4. The van der Waals surface area contributed by atoms with E-state index in [0.29, 0.717) is 0 Å². The molecule has 2 rings (SSSR count). The molecule has 1 aromatic rings. The normalized spacial score (nSPS) is 27.2. The zero-order valence-corrected chi connectivity index (χ0v) is 11.0. The van der Waals surface area contributed by atoms with Gasteiger partial charge in [-0.2, -0.15) is 0 Å². The van der Waals surface area contributed by atoms with Crippen LogP contribution in [0.25, 0.3) is 0 Å². The van der Waals surface area contributed by atoms with E-state index < -0.39 is 9.84 Å². The fourth-order valence-electron chi connectivity index (χ4n) is 2.57. The molecule has 0 amide bonds. The second-order valence-corrected chi connectivity index (χ2v) is 7.07. The first kappa shape index (κ1) is 12.6. The minimum absolute atomic E-state index is 0.0464. The molecule has 0 aromatic carbocycles.